The molecule has 3 rings (SSSR count). The Balaban J connectivity index is 2.02. The zero-order chi connectivity index (χ0) is 17.4. The van der Waals surface area contributed by atoms with Gasteiger partial charge in [-0.3, -0.25) is 9.59 Å². The molecule has 1 heterocycles. The molecule has 0 unspecified atom stereocenters. The molecule has 1 aliphatic rings. The Labute approximate surface area is 137 Å². The van der Waals surface area contributed by atoms with Crippen LogP contribution in [-0.2, 0) is 17.8 Å². The summed E-state index contributed by atoms with van der Waals surface area (Å²) in [5, 5.41) is 0. The monoisotopic (exact) mass is 330 g/mol. The third-order valence-electron chi connectivity index (χ3n) is 4.32. The minimum Gasteiger partial charge on any atom is -0.368 e. The number of nitrogens with zero attached hydrogens (tertiary/aromatic N) is 1. The van der Waals surface area contributed by atoms with Crippen molar-refractivity contribution in [2.75, 3.05) is 0 Å². The Kier molecular flexibility index (Phi) is 4.05. The van der Waals surface area contributed by atoms with E-state index in [1.807, 2.05) is 24.3 Å². The lowest BCUT2D eigenvalue weighted by atomic mass is 9.93. The fraction of sp³-hybridized carbons (Fsp3) is 0.222. The molecule has 0 saturated carbocycles. The molecule has 0 saturated heterocycles. The van der Waals surface area contributed by atoms with Gasteiger partial charge in [0.05, 0.1) is 5.56 Å². The molecular formula is C18H16F2N2O2. The number of fused-ring (bicyclic) bond motifs is 1. The molecule has 0 spiro atoms. The lowest BCUT2D eigenvalue weighted by molar-refractivity contribution is -0.122. The number of halogens is 2. The number of carbonyl (C=O) groups excluding carboxylic acids is 2. The highest BCUT2D eigenvalue weighted by Gasteiger charge is 2.34. The molecular weight excluding hydrogens is 314 g/mol. The molecule has 6 heteroatoms. The first-order chi connectivity index (χ1) is 11.4. The van der Waals surface area contributed by atoms with Gasteiger partial charge in [0.1, 0.15) is 17.7 Å². The van der Waals surface area contributed by atoms with Gasteiger partial charge in [-0.15, -0.1) is 0 Å². The van der Waals surface area contributed by atoms with Crippen LogP contribution in [0.2, 0.25) is 0 Å². The van der Waals surface area contributed by atoms with Gasteiger partial charge in [0.15, 0.2) is 0 Å². The van der Waals surface area contributed by atoms with Crippen molar-refractivity contribution in [2.24, 2.45) is 5.73 Å². The van der Waals surface area contributed by atoms with E-state index in [-0.39, 0.29) is 24.1 Å². The Morgan fingerprint density at radius 3 is 2.46 bits per heavy atom. The first-order valence-electron chi connectivity index (χ1n) is 7.51. The van der Waals surface area contributed by atoms with E-state index >= 15 is 0 Å². The van der Waals surface area contributed by atoms with Crippen LogP contribution < -0.4 is 5.73 Å². The summed E-state index contributed by atoms with van der Waals surface area (Å²) in [6.45, 7) is 1.60. The number of hydrogen-bond acceptors (Lipinski definition) is 2. The number of primary amides is 1. The van der Waals surface area contributed by atoms with E-state index in [9.17, 15) is 18.4 Å². The molecule has 0 bridgehead atoms. The molecule has 2 aromatic carbocycles. The Hall–Kier alpha value is -2.76. The fourth-order valence-corrected chi connectivity index (χ4v) is 2.97. The minimum atomic E-state index is -0.954. The second kappa shape index (κ2) is 6.03. The molecule has 2 N–H and O–H groups in total. The predicted molar refractivity (Wildman–Crippen MR) is 84.1 cm³/mol. The maximum absolute atomic E-state index is 14.1. The van der Waals surface area contributed by atoms with Crippen molar-refractivity contribution in [3.63, 3.8) is 0 Å². The van der Waals surface area contributed by atoms with Crippen LogP contribution in [0.4, 0.5) is 8.78 Å². The second-order valence-electron chi connectivity index (χ2n) is 5.91. The van der Waals surface area contributed by atoms with Crippen LogP contribution in [0.15, 0.2) is 36.4 Å². The van der Waals surface area contributed by atoms with Gasteiger partial charge in [0.2, 0.25) is 5.91 Å². The van der Waals surface area contributed by atoms with Gasteiger partial charge in [-0.25, -0.2) is 8.78 Å². The number of rotatable bonds is 2. The highest BCUT2D eigenvalue weighted by molar-refractivity contribution is 5.98. The standard InChI is InChI=1S/C18H16F2N2O2/c1-10-6-13(15(20)8-14(10)19)18(24)22-9-12-5-3-2-4-11(12)7-16(22)17(21)23/h2-6,8,16H,7,9H2,1H3,(H2,21,23)/t16-/m0/s1. The summed E-state index contributed by atoms with van der Waals surface area (Å²) in [5.41, 5.74) is 7.14. The Bertz CT molecular complexity index is 836. The van der Waals surface area contributed by atoms with E-state index < -0.39 is 29.5 Å². The summed E-state index contributed by atoms with van der Waals surface area (Å²) in [6, 6.07) is 8.36. The molecule has 2 amide bonds. The SMILES string of the molecule is Cc1cc(C(=O)N2Cc3ccccc3C[C@H]2C(N)=O)c(F)cc1F. The van der Waals surface area contributed by atoms with Crippen molar-refractivity contribution in [2.45, 2.75) is 25.9 Å². The van der Waals surface area contributed by atoms with E-state index in [0.29, 0.717) is 6.07 Å². The van der Waals surface area contributed by atoms with Gasteiger partial charge in [-0.05, 0) is 29.7 Å². The second-order valence-corrected chi connectivity index (χ2v) is 5.91. The zero-order valence-electron chi connectivity index (χ0n) is 13.1. The van der Waals surface area contributed by atoms with E-state index in [0.717, 1.165) is 17.2 Å². The summed E-state index contributed by atoms with van der Waals surface area (Å²) >= 11 is 0. The molecule has 0 aliphatic carbocycles. The zero-order valence-corrected chi connectivity index (χ0v) is 13.1. The average Bonchev–Trinajstić information content (AvgIpc) is 2.56. The van der Waals surface area contributed by atoms with Gasteiger partial charge in [-0.1, -0.05) is 24.3 Å². The summed E-state index contributed by atoms with van der Waals surface area (Å²) in [6.07, 6.45) is 0.277. The van der Waals surface area contributed by atoms with Gasteiger partial charge in [0, 0.05) is 19.0 Å². The highest BCUT2D eigenvalue weighted by Crippen LogP contribution is 2.26. The predicted octanol–water partition coefficient (Wildman–Crippen LogP) is 2.33. The number of carbonyl (C=O) groups is 2. The topological polar surface area (TPSA) is 63.4 Å². The van der Waals surface area contributed by atoms with Crippen molar-refractivity contribution in [3.8, 4) is 0 Å². The first-order valence-corrected chi connectivity index (χ1v) is 7.51. The van der Waals surface area contributed by atoms with Gasteiger partial charge in [0.25, 0.3) is 5.91 Å². The number of benzene rings is 2. The minimum absolute atomic E-state index is 0.151. The average molecular weight is 330 g/mol. The summed E-state index contributed by atoms with van der Waals surface area (Å²) in [7, 11) is 0. The van der Waals surface area contributed by atoms with Crippen molar-refractivity contribution in [3.05, 3.63) is 70.3 Å². The first kappa shape index (κ1) is 16.1. The van der Waals surface area contributed by atoms with Crippen molar-refractivity contribution in [1.29, 1.82) is 0 Å². The molecule has 1 aliphatic heterocycles. The van der Waals surface area contributed by atoms with Gasteiger partial charge < -0.3 is 10.6 Å². The van der Waals surface area contributed by atoms with Crippen molar-refractivity contribution < 1.29 is 18.4 Å². The molecule has 0 radical (unpaired) electrons. The molecule has 0 fully saturated rings. The van der Waals surface area contributed by atoms with Crippen molar-refractivity contribution >= 4 is 11.8 Å². The Morgan fingerprint density at radius 2 is 1.79 bits per heavy atom. The van der Waals surface area contributed by atoms with Crippen LogP contribution in [0, 0.1) is 18.6 Å². The fourth-order valence-electron chi connectivity index (χ4n) is 2.97. The number of hydrogen-bond donors (Lipinski definition) is 1. The number of aryl methyl sites for hydroxylation is 1. The summed E-state index contributed by atoms with van der Waals surface area (Å²) < 4.78 is 27.5. The maximum Gasteiger partial charge on any atom is 0.257 e. The van der Waals surface area contributed by atoms with E-state index in [4.69, 9.17) is 5.73 Å². The third kappa shape index (κ3) is 2.75. The lowest BCUT2D eigenvalue weighted by Gasteiger charge is -2.35. The van der Waals surface area contributed by atoms with Crippen LogP contribution in [-0.4, -0.2) is 22.8 Å². The van der Waals surface area contributed by atoms with Gasteiger partial charge >= 0.3 is 0 Å². The van der Waals surface area contributed by atoms with Crippen LogP contribution in [0.3, 0.4) is 0 Å². The largest absolute Gasteiger partial charge is 0.368 e. The molecule has 24 heavy (non-hydrogen) atoms. The van der Waals surface area contributed by atoms with Crippen LogP contribution in [0.5, 0.6) is 0 Å². The van der Waals surface area contributed by atoms with E-state index in [2.05, 4.69) is 0 Å². The number of amides is 2. The maximum atomic E-state index is 14.1. The molecule has 1 atom stereocenters. The smallest absolute Gasteiger partial charge is 0.257 e. The quantitative estimate of drug-likeness (QED) is 0.918. The van der Waals surface area contributed by atoms with Crippen LogP contribution in [0.1, 0.15) is 27.0 Å². The van der Waals surface area contributed by atoms with E-state index in [1.54, 1.807) is 0 Å². The third-order valence-corrected chi connectivity index (χ3v) is 4.32. The summed E-state index contributed by atoms with van der Waals surface area (Å²) in [5.74, 6) is -3.00. The summed E-state index contributed by atoms with van der Waals surface area (Å²) in [4.78, 5) is 25.8. The van der Waals surface area contributed by atoms with Crippen LogP contribution in [0.25, 0.3) is 0 Å². The Morgan fingerprint density at radius 1 is 1.12 bits per heavy atom. The van der Waals surface area contributed by atoms with Crippen LogP contribution >= 0.6 is 0 Å². The van der Waals surface area contributed by atoms with Gasteiger partial charge in [-0.2, -0.15) is 0 Å². The normalized spacial score (nSPS) is 16.6. The molecule has 124 valence electrons. The van der Waals surface area contributed by atoms with Crippen molar-refractivity contribution in [1.82, 2.24) is 4.90 Å². The number of nitrogens with two attached hydrogens (primary N) is 1. The molecule has 4 nitrogen and oxygen atoms in total. The van der Waals surface area contributed by atoms with E-state index in [1.165, 1.54) is 11.8 Å². The lowest BCUT2D eigenvalue weighted by Crippen LogP contribution is -2.51. The molecule has 0 aromatic heterocycles. The highest BCUT2D eigenvalue weighted by atomic mass is 19.1. The molecule has 2 aromatic rings.